The fourth-order valence-corrected chi connectivity index (χ4v) is 4.64. The Labute approximate surface area is 195 Å². The van der Waals surface area contributed by atoms with Gasteiger partial charge in [0.05, 0.1) is 17.4 Å². The van der Waals surface area contributed by atoms with Gasteiger partial charge in [-0.1, -0.05) is 17.7 Å². The van der Waals surface area contributed by atoms with Crippen LogP contribution in [-0.4, -0.2) is 69.2 Å². The number of fused-ring (bicyclic) bond motifs is 2. The molecule has 3 N–H and O–H groups in total. The van der Waals surface area contributed by atoms with E-state index < -0.39 is 0 Å². The topological polar surface area (TPSA) is 111 Å². The van der Waals surface area contributed by atoms with Gasteiger partial charge < -0.3 is 25.4 Å². The highest BCUT2D eigenvalue weighted by Crippen LogP contribution is 2.30. The lowest BCUT2D eigenvalue weighted by atomic mass is 10.2. The maximum atomic E-state index is 6.57. The number of halogens is 1. The molecule has 0 amide bonds. The summed E-state index contributed by atoms with van der Waals surface area (Å²) < 4.78 is 0. The predicted molar refractivity (Wildman–Crippen MR) is 130 cm³/mol. The van der Waals surface area contributed by atoms with Crippen LogP contribution in [0.1, 0.15) is 18.4 Å². The first-order chi connectivity index (χ1) is 16.2. The molecule has 6 rings (SSSR count). The second-order valence-electron chi connectivity index (χ2n) is 8.42. The van der Waals surface area contributed by atoms with Crippen LogP contribution in [0.15, 0.2) is 24.5 Å². The quantitative estimate of drug-likeness (QED) is 0.410. The fourth-order valence-electron chi connectivity index (χ4n) is 4.45. The van der Waals surface area contributed by atoms with Gasteiger partial charge in [-0.15, -0.1) is 0 Å². The second kappa shape index (κ2) is 8.60. The first kappa shape index (κ1) is 20.4. The van der Waals surface area contributed by atoms with Gasteiger partial charge in [-0.2, -0.15) is 9.97 Å². The number of rotatable bonds is 5. The Morgan fingerprint density at radius 3 is 2.67 bits per heavy atom. The van der Waals surface area contributed by atoms with E-state index >= 15 is 0 Å². The normalized spacial score (nSPS) is 16.8. The molecule has 2 saturated heterocycles. The van der Waals surface area contributed by atoms with Crippen molar-refractivity contribution in [3.63, 3.8) is 0 Å². The molecule has 4 aromatic rings. The van der Waals surface area contributed by atoms with Gasteiger partial charge in [0.1, 0.15) is 0 Å². The molecule has 0 saturated carbocycles. The molecule has 170 valence electrons. The molecule has 0 atom stereocenters. The second-order valence-corrected chi connectivity index (χ2v) is 8.78. The van der Waals surface area contributed by atoms with Crippen LogP contribution in [0.3, 0.4) is 0 Å². The minimum absolute atomic E-state index is 0.323. The van der Waals surface area contributed by atoms with E-state index in [1.54, 1.807) is 6.33 Å². The monoisotopic (exact) mass is 464 g/mol. The molecule has 0 aliphatic carbocycles. The average molecular weight is 465 g/mol. The largest absolute Gasteiger partial charge is 0.363 e. The number of aromatic nitrogens is 6. The summed E-state index contributed by atoms with van der Waals surface area (Å²) in [5, 5.41) is 7.03. The smallest absolute Gasteiger partial charge is 0.229 e. The van der Waals surface area contributed by atoms with E-state index in [0.717, 1.165) is 74.5 Å². The Kier molecular flexibility index (Phi) is 5.31. The Balaban J connectivity index is 1.35. The van der Waals surface area contributed by atoms with Crippen molar-refractivity contribution in [1.82, 2.24) is 35.2 Å². The summed E-state index contributed by atoms with van der Waals surface area (Å²) in [5.74, 6) is 2.06. The zero-order valence-corrected chi connectivity index (χ0v) is 18.9. The molecule has 3 aromatic heterocycles. The third-order valence-electron chi connectivity index (χ3n) is 6.21. The molecule has 10 nitrogen and oxygen atoms in total. The van der Waals surface area contributed by atoms with Gasteiger partial charge in [-0.25, -0.2) is 15.0 Å². The van der Waals surface area contributed by atoms with E-state index in [1.807, 2.05) is 12.1 Å². The first-order valence-electron chi connectivity index (χ1n) is 11.4. The van der Waals surface area contributed by atoms with Crippen LogP contribution in [0, 0.1) is 0 Å². The van der Waals surface area contributed by atoms with Gasteiger partial charge >= 0.3 is 0 Å². The Bertz CT molecular complexity index is 1290. The lowest BCUT2D eigenvalue weighted by Gasteiger charge is -2.28. The summed E-state index contributed by atoms with van der Waals surface area (Å²) in [5.41, 5.74) is 4.25. The number of anilines is 3. The molecule has 2 aliphatic rings. The average Bonchev–Trinajstić information content (AvgIpc) is 3.55. The number of aromatic amines is 1. The molecule has 5 heterocycles. The Morgan fingerprint density at radius 1 is 0.970 bits per heavy atom. The number of nitrogens with zero attached hydrogens (tertiary/aromatic N) is 7. The SMILES string of the molecule is Clc1nc2c(N3CCCC3)nc(N3CCNCC3)nc2nc1NCc1ccc2nc[nH]c2c1. The summed E-state index contributed by atoms with van der Waals surface area (Å²) in [6.07, 6.45) is 3.99. The van der Waals surface area contributed by atoms with Crippen LogP contribution in [0.5, 0.6) is 0 Å². The van der Waals surface area contributed by atoms with Crippen LogP contribution in [-0.2, 0) is 6.54 Å². The highest BCUT2D eigenvalue weighted by Gasteiger charge is 2.24. The molecule has 2 aliphatic heterocycles. The van der Waals surface area contributed by atoms with E-state index in [2.05, 4.69) is 41.5 Å². The molecular weight excluding hydrogens is 440 g/mol. The number of imidazole rings is 1. The predicted octanol–water partition coefficient (Wildman–Crippen LogP) is 2.57. The molecule has 0 unspecified atom stereocenters. The standard InChI is InChI=1S/C22H25ClN10/c23-18-20(25-12-14-3-4-15-16(11-14)27-13-26-15)29-19-17(28-18)21(32-7-1-2-8-32)31-22(30-19)33-9-5-24-6-10-33/h3-4,11,13,24H,1-2,5-10,12H2,(H,26,27)(H,25,29,30,31). The van der Waals surface area contributed by atoms with E-state index in [0.29, 0.717) is 34.6 Å². The summed E-state index contributed by atoms with van der Waals surface area (Å²) >= 11 is 6.57. The lowest BCUT2D eigenvalue weighted by molar-refractivity contribution is 0.580. The lowest BCUT2D eigenvalue weighted by Crippen LogP contribution is -2.44. The molecule has 1 aromatic carbocycles. The van der Waals surface area contributed by atoms with Crippen LogP contribution in [0.4, 0.5) is 17.6 Å². The minimum Gasteiger partial charge on any atom is -0.363 e. The fraction of sp³-hybridized carbons (Fsp3) is 0.409. The zero-order chi connectivity index (χ0) is 22.2. The van der Waals surface area contributed by atoms with Crippen molar-refractivity contribution in [3.8, 4) is 0 Å². The Hall–Kier alpha value is -3.24. The summed E-state index contributed by atoms with van der Waals surface area (Å²) in [6.45, 7) is 6.05. The Morgan fingerprint density at radius 2 is 1.82 bits per heavy atom. The van der Waals surface area contributed by atoms with Gasteiger partial charge in [-0.3, -0.25) is 0 Å². The van der Waals surface area contributed by atoms with E-state index in [-0.39, 0.29) is 0 Å². The van der Waals surface area contributed by atoms with Crippen molar-refractivity contribution in [2.75, 3.05) is 54.4 Å². The van der Waals surface area contributed by atoms with Crippen molar-refractivity contribution < 1.29 is 0 Å². The molecule has 0 spiro atoms. The van der Waals surface area contributed by atoms with Gasteiger partial charge in [0, 0.05) is 45.8 Å². The number of nitrogens with one attached hydrogen (secondary N) is 3. The van der Waals surface area contributed by atoms with Crippen LogP contribution < -0.4 is 20.4 Å². The van der Waals surface area contributed by atoms with Crippen LogP contribution in [0.25, 0.3) is 22.2 Å². The molecule has 0 radical (unpaired) electrons. The number of piperazine rings is 1. The maximum Gasteiger partial charge on any atom is 0.229 e. The summed E-state index contributed by atoms with van der Waals surface area (Å²) in [4.78, 5) is 31.1. The minimum atomic E-state index is 0.323. The van der Waals surface area contributed by atoms with E-state index in [9.17, 15) is 0 Å². The van der Waals surface area contributed by atoms with Gasteiger partial charge in [0.25, 0.3) is 0 Å². The number of H-pyrrole nitrogens is 1. The van der Waals surface area contributed by atoms with Crippen molar-refractivity contribution >= 4 is 51.4 Å². The third kappa shape index (κ3) is 4.00. The molecule has 2 fully saturated rings. The molecular formula is C22H25ClN10. The van der Waals surface area contributed by atoms with Gasteiger partial charge in [0.15, 0.2) is 28.0 Å². The molecule has 11 heteroatoms. The molecule has 33 heavy (non-hydrogen) atoms. The highest BCUT2D eigenvalue weighted by atomic mass is 35.5. The van der Waals surface area contributed by atoms with Gasteiger partial charge in [-0.05, 0) is 30.5 Å². The maximum absolute atomic E-state index is 6.57. The molecule has 0 bridgehead atoms. The number of hydrogen-bond acceptors (Lipinski definition) is 9. The van der Waals surface area contributed by atoms with Crippen molar-refractivity contribution in [1.29, 1.82) is 0 Å². The highest BCUT2D eigenvalue weighted by molar-refractivity contribution is 6.32. The number of hydrogen-bond donors (Lipinski definition) is 3. The summed E-state index contributed by atoms with van der Waals surface area (Å²) in [7, 11) is 0. The zero-order valence-electron chi connectivity index (χ0n) is 18.2. The third-order valence-corrected chi connectivity index (χ3v) is 6.47. The van der Waals surface area contributed by atoms with Crippen LogP contribution >= 0.6 is 11.6 Å². The first-order valence-corrected chi connectivity index (χ1v) is 11.7. The number of benzene rings is 1. The summed E-state index contributed by atoms with van der Waals surface area (Å²) in [6, 6.07) is 6.09. The van der Waals surface area contributed by atoms with E-state index in [1.165, 1.54) is 0 Å². The van der Waals surface area contributed by atoms with E-state index in [4.69, 9.17) is 26.6 Å². The van der Waals surface area contributed by atoms with Crippen molar-refractivity contribution in [3.05, 3.63) is 35.2 Å². The van der Waals surface area contributed by atoms with Crippen LogP contribution in [0.2, 0.25) is 5.15 Å². The van der Waals surface area contributed by atoms with Crippen molar-refractivity contribution in [2.45, 2.75) is 19.4 Å². The van der Waals surface area contributed by atoms with Gasteiger partial charge in [0.2, 0.25) is 5.95 Å². The van der Waals surface area contributed by atoms with Crippen molar-refractivity contribution in [2.24, 2.45) is 0 Å².